The lowest BCUT2D eigenvalue weighted by atomic mass is 10.0. The fourth-order valence-corrected chi connectivity index (χ4v) is 2.01. The zero-order valence-electron chi connectivity index (χ0n) is 9.12. The smallest absolute Gasteiger partial charge is 0.0920 e. The molecule has 0 aliphatic carbocycles. The molecule has 14 heavy (non-hydrogen) atoms. The van der Waals surface area contributed by atoms with Crippen molar-refractivity contribution in [3.8, 4) is 0 Å². The molecule has 0 aromatic heterocycles. The van der Waals surface area contributed by atoms with Crippen LogP contribution in [0.3, 0.4) is 0 Å². The summed E-state index contributed by atoms with van der Waals surface area (Å²) >= 11 is 0. The maximum absolute atomic E-state index is 7.26. The van der Waals surface area contributed by atoms with Crippen LogP contribution in [-0.2, 0) is 4.74 Å². The maximum Gasteiger partial charge on any atom is 0.0920 e. The van der Waals surface area contributed by atoms with Gasteiger partial charge >= 0.3 is 0 Å². The van der Waals surface area contributed by atoms with Crippen molar-refractivity contribution in [2.75, 3.05) is 20.2 Å². The largest absolute Gasteiger partial charge is 0.388 e. The Morgan fingerprint density at radius 1 is 1.71 bits per heavy atom. The summed E-state index contributed by atoms with van der Waals surface area (Å²) < 4.78 is 5.35. The molecule has 0 amide bonds. The Morgan fingerprint density at radius 3 is 3.00 bits per heavy atom. The first-order valence-corrected chi connectivity index (χ1v) is 5.23. The number of ether oxygens (including phenoxy) is 1. The SMILES string of the molecule is COC1CCCN(C(C)CC(=N)N)C1. The molecule has 2 atom stereocenters. The van der Waals surface area contributed by atoms with Crippen molar-refractivity contribution in [3.63, 3.8) is 0 Å². The van der Waals surface area contributed by atoms with E-state index in [1.165, 1.54) is 6.42 Å². The average Bonchev–Trinajstić information content (AvgIpc) is 2.17. The first-order valence-electron chi connectivity index (χ1n) is 5.23. The summed E-state index contributed by atoms with van der Waals surface area (Å²) in [6.45, 7) is 4.21. The number of nitrogens with zero attached hydrogens (tertiary/aromatic N) is 1. The molecular formula is C10H21N3O. The third kappa shape index (κ3) is 3.27. The van der Waals surface area contributed by atoms with Crippen molar-refractivity contribution in [1.82, 2.24) is 4.90 Å². The van der Waals surface area contributed by atoms with Gasteiger partial charge in [0.05, 0.1) is 11.9 Å². The van der Waals surface area contributed by atoms with E-state index in [1.807, 2.05) is 0 Å². The van der Waals surface area contributed by atoms with Crippen LogP contribution < -0.4 is 5.73 Å². The van der Waals surface area contributed by atoms with Crippen molar-refractivity contribution >= 4 is 5.84 Å². The Hall–Kier alpha value is -0.610. The molecule has 3 N–H and O–H groups in total. The molecule has 1 heterocycles. The van der Waals surface area contributed by atoms with E-state index in [2.05, 4.69) is 11.8 Å². The summed E-state index contributed by atoms with van der Waals surface area (Å²) in [6.07, 6.45) is 3.36. The highest BCUT2D eigenvalue weighted by atomic mass is 16.5. The van der Waals surface area contributed by atoms with Gasteiger partial charge in [-0.25, -0.2) is 0 Å². The zero-order chi connectivity index (χ0) is 10.6. The summed E-state index contributed by atoms with van der Waals surface area (Å²) in [7, 11) is 1.77. The van der Waals surface area contributed by atoms with Gasteiger partial charge in [0.25, 0.3) is 0 Å². The lowest BCUT2D eigenvalue weighted by molar-refractivity contribution is 0.0185. The number of piperidine rings is 1. The van der Waals surface area contributed by atoms with Crippen LogP contribution in [-0.4, -0.2) is 43.1 Å². The molecule has 0 saturated carbocycles. The van der Waals surface area contributed by atoms with Crippen molar-refractivity contribution in [3.05, 3.63) is 0 Å². The van der Waals surface area contributed by atoms with Crippen LogP contribution in [0, 0.1) is 5.41 Å². The molecule has 1 saturated heterocycles. The fraction of sp³-hybridized carbons (Fsp3) is 0.900. The number of methoxy groups -OCH3 is 1. The van der Waals surface area contributed by atoms with Gasteiger partial charge in [-0.05, 0) is 26.3 Å². The van der Waals surface area contributed by atoms with Gasteiger partial charge in [-0.15, -0.1) is 0 Å². The summed E-state index contributed by atoms with van der Waals surface area (Å²) in [5, 5.41) is 7.26. The van der Waals surface area contributed by atoms with E-state index in [9.17, 15) is 0 Å². The Labute approximate surface area is 85.9 Å². The second-order valence-electron chi connectivity index (χ2n) is 4.07. The minimum absolute atomic E-state index is 0.275. The Kier molecular flexibility index (Phi) is 4.35. The Bertz CT molecular complexity index is 196. The van der Waals surface area contributed by atoms with Crippen LogP contribution in [0.15, 0.2) is 0 Å². The van der Waals surface area contributed by atoms with Crippen LogP contribution in [0.5, 0.6) is 0 Å². The van der Waals surface area contributed by atoms with E-state index >= 15 is 0 Å². The third-order valence-corrected chi connectivity index (χ3v) is 2.88. The molecule has 1 rings (SSSR count). The molecule has 1 aliphatic heterocycles. The van der Waals surface area contributed by atoms with Gasteiger partial charge in [-0.1, -0.05) is 0 Å². The van der Waals surface area contributed by atoms with Crippen molar-refractivity contribution in [1.29, 1.82) is 5.41 Å². The predicted molar refractivity (Wildman–Crippen MR) is 57.6 cm³/mol. The molecular weight excluding hydrogens is 178 g/mol. The normalized spacial score (nSPS) is 26.0. The van der Waals surface area contributed by atoms with E-state index < -0.39 is 0 Å². The van der Waals surface area contributed by atoms with Gasteiger partial charge in [0.1, 0.15) is 0 Å². The average molecular weight is 199 g/mol. The number of nitrogens with two attached hydrogens (primary N) is 1. The molecule has 0 spiro atoms. The zero-order valence-corrected chi connectivity index (χ0v) is 9.12. The summed E-state index contributed by atoms with van der Waals surface area (Å²) in [5.41, 5.74) is 5.39. The number of rotatable bonds is 4. The van der Waals surface area contributed by atoms with Crippen LogP contribution in [0.25, 0.3) is 0 Å². The van der Waals surface area contributed by atoms with Crippen molar-refractivity contribution < 1.29 is 4.74 Å². The number of hydrogen-bond acceptors (Lipinski definition) is 3. The summed E-state index contributed by atoms with van der Waals surface area (Å²) in [5.74, 6) is 0.275. The van der Waals surface area contributed by atoms with Gasteiger partial charge in [0, 0.05) is 26.1 Å². The topological polar surface area (TPSA) is 62.3 Å². The minimum atomic E-state index is 0.275. The van der Waals surface area contributed by atoms with E-state index in [0.717, 1.165) is 19.5 Å². The molecule has 4 nitrogen and oxygen atoms in total. The highest BCUT2D eigenvalue weighted by Crippen LogP contribution is 2.16. The van der Waals surface area contributed by atoms with Gasteiger partial charge in [0.15, 0.2) is 0 Å². The second kappa shape index (κ2) is 5.32. The second-order valence-corrected chi connectivity index (χ2v) is 4.07. The number of amidine groups is 1. The van der Waals surface area contributed by atoms with Crippen molar-refractivity contribution in [2.45, 2.75) is 38.3 Å². The van der Waals surface area contributed by atoms with E-state index in [1.54, 1.807) is 7.11 Å². The minimum Gasteiger partial charge on any atom is -0.388 e. The summed E-state index contributed by atoms with van der Waals surface area (Å²) in [6, 6.07) is 0.366. The highest BCUT2D eigenvalue weighted by molar-refractivity contribution is 5.77. The molecule has 82 valence electrons. The molecule has 1 aliphatic rings. The lowest BCUT2D eigenvalue weighted by Crippen LogP contribution is -2.45. The number of nitrogens with one attached hydrogen (secondary N) is 1. The van der Waals surface area contributed by atoms with E-state index in [-0.39, 0.29) is 5.84 Å². The standard InChI is InChI=1S/C10H21N3O/c1-8(6-10(11)12)13-5-3-4-9(7-13)14-2/h8-9H,3-7H2,1-2H3,(H3,11,12). The molecule has 0 radical (unpaired) electrons. The van der Waals surface area contributed by atoms with Crippen LogP contribution in [0.4, 0.5) is 0 Å². The van der Waals surface area contributed by atoms with Crippen molar-refractivity contribution in [2.24, 2.45) is 5.73 Å². The number of likely N-dealkylation sites (tertiary alicyclic amines) is 1. The molecule has 0 bridgehead atoms. The van der Waals surface area contributed by atoms with Gasteiger partial charge in [-0.3, -0.25) is 10.3 Å². The van der Waals surface area contributed by atoms with Crippen LogP contribution in [0.2, 0.25) is 0 Å². The van der Waals surface area contributed by atoms with Gasteiger partial charge in [-0.2, -0.15) is 0 Å². The molecule has 1 fully saturated rings. The summed E-state index contributed by atoms with van der Waals surface area (Å²) in [4.78, 5) is 2.36. The predicted octanol–water partition coefficient (Wildman–Crippen LogP) is 0.812. The van der Waals surface area contributed by atoms with E-state index in [4.69, 9.17) is 15.9 Å². The first-order chi connectivity index (χ1) is 6.63. The van der Waals surface area contributed by atoms with Gasteiger partial charge < -0.3 is 10.5 Å². The quantitative estimate of drug-likeness (QED) is 0.520. The third-order valence-electron chi connectivity index (χ3n) is 2.88. The molecule has 2 unspecified atom stereocenters. The molecule has 0 aromatic carbocycles. The Morgan fingerprint density at radius 2 is 2.43 bits per heavy atom. The molecule has 0 aromatic rings. The molecule has 4 heteroatoms. The van der Waals surface area contributed by atoms with Crippen LogP contribution in [0.1, 0.15) is 26.2 Å². The monoisotopic (exact) mass is 199 g/mol. The highest BCUT2D eigenvalue weighted by Gasteiger charge is 2.23. The maximum atomic E-state index is 7.26. The fourth-order valence-electron chi connectivity index (χ4n) is 2.01. The van der Waals surface area contributed by atoms with E-state index in [0.29, 0.717) is 18.6 Å². The first kappa shape index (κ1) is 11.5. The Balaban J connectivity index is 2.38. The lowest BCUT2D eigenvalue weighted by Gasteiger charge is -2.36. The van der Waals surface area contributed by atoms with Gasteiger partial charge in [0.2, 0.25) is 0 Å². The number of hydrogen-bond donors (Lipinski definition) is 2. The van der Waals surface area contributed by atoms with Crippen LogP contribution >= 0.6 is 0 Å².